The van der Waals surface area contributed by atoms with Gasteiger partial charge in [0.05, 0.1) is 6.10 Å². The third-order valence-corrected chi connectivity index (χ3v) is 4.73. The molecule has 0 saturated carbocycles. The summed E-state index contributed by atoms with van der Waals surface area (Å²) in [5.41, 5.74) is 8.42. The Kier molecular flexibility index (Phi) is 8.20. The number of benzene rings is 2. The maximum Gasteiger partial charge on any atom is 0.0804 e. The van der Waals surface area contributed by atoms with E-state index in [-0.39, 0.29) is 24.5 Å². The quantitative estimate of drug-likeness (QED) is 0.548. The SMILES string of the molecule is C[C@H](CC(N)CC(O)c1ccccc1)NCc1ccc2cnccc2c1.Cl. The molecule has 0 aliphatic carbocycles. The Hall–Kier alpha value is -1.98. The molecule has 27 heavy (non-hydrogen) atoms. The Morgan fingerprint density at radius 3 is 2.59 bits per heavy atom. The number of aliphatic hydroxyl groups is 1. The lowest BCUT2D eigenvalue weighted by Crippen LogP contribution is -2.34. The van der Waals surface area contributed by atoms with Crippen molar-refractivity contribution in [2.45, 2.75) is 44.5 Å². The summed E-state index contributed by atoms with van der Waals surface area (Å²) in [5.74, 6) is 0. The Morgan fingerprint density at radius 2 is 1.81 bits per heavy atom. The summed E-state index contributed by atoms with van der Waals surface area (Å²) >= 11 is 0. The third-order valence-electron chi connectivity index (χ3n) is 4.73. The minimum absolute atomic E-state index is 0. The molecule has 5 heteroatoms. The summed E-state index contributed by atoms with van der Waals surface area (Å²) in [4.78, 5) is 4.14. The number of aliphatic hydroxyl groups excluding tert-OH is 1. The zero-order valence-corrected chi connectivity index (χ0v) is 16.4. The number of hydrogen-bond acceptors (Lipinski definition) is 4. The van der Waals surface area contributed by atoms with Crippen molar-refractivity contribution in [3.05, 3.63) is 78.1 Å². The van der Waals surface area contributed by atoms with E-state index in [0.717, 1.165) is 23.9 Å². The van der Waals surface area contributed by atoms with Crippen LogP contribution in [0.2, 0.25) is 0 Å². The van der Waals surface area contributed by atoms with E-state index < -0.39 is 6.10 Å². The number of nitrogens with two attached hydrogens (primary N) is 1. The van der Waals surface area contributed by atoms with Crippen molar-refractivity contribution in [2.24, 2.45) is 5.73 Å². The lowest BCUT2D eigenvalue weighted by atomic mass is 9.98. The van der Waals surface area contributed by atoms with Crippen molar-refractivity contribution in [3.8, 4) is 0 Å². The number of aromatic nitrogens is 1. The average molecular weight is 386 g/mol. The Balaban J connectivity index is 0.00000261. The first-order valence-corrected chi connectivity index (χ1v) is 9.16. The molecule has 1 aromatic heterocycles. The molecule has 144 valence electrons. The Morgan fingerprint density at radius 1 is 1.04 bits per heavy atom. The fourth-order valence-electron chi connectivity index (χ4n) is 3.27. The highest BCUT2D eigenvalue weighted by Gasteiger charge is 2.15. The largest absolute Gasteiger partial charge is 0.388 e. The molecule has 0 saturated heterocycles. The molecule has 2 unspecified atom stereocenters. The smallest absolute Gasteiger partial charge is 0.0804 e. The second-order valence-electron chi connectivity index (χ2n) is 7.00. The summed E-state index contributed by atoms with van der Waals surface area (Å²) in [6.45, 7) is 2.94. The normalized spacial score (nSPS) is 14.3. The molecule has 4 nitrogen and oxygen atoms in total. The van der Waals surface area contributed by atoms with Gasteiger partial charge in [-0.25, -0.2) is 0 Å². The zero-order valence-electron chi connectivity index (χ0n) is 15.6. The summed E-state index contributed by atoms with van der Waals surface area (Å²) < 4.78 is 0. The van der Waals surface area contributed by atoms with Crippen LogP contribution in [0.5, 0.6) is 0 Å². The van der Waals surface area contributed by atoms with Crippen molar-refractivity contribution < 1.29 is 5.11 Å². The maximum absolute atomic E-state index is 10.3. The van der Waals surface area contributed by atoms with Crippen LogP contribution in [0.4, 0.5) is 0 Å². The van der Waals surface area contributed by atoms with Crippen LogP contribution in [-0.4, -0.2) is 22.2 Å². The number of fused-ring (bicyclic) bond motifs is 1. The first-order chi connectivity index (χ1) is 12.6. The average Bonchev–Trinajstić information content (AvgIpc) is 2.66. The van der Waals surface area contributed by atoms with Gasteiger partial charge in [0.1, 0.15) is 0 Å². The lowest BCUT2D eigenvalue weighted by Gasteiger charge is -2.21. The van der Waals surface area contributed by atoms with Crippen LogP contribution in [0.25, 0.3) is 10.8 Å². The van der Waals surface area contributed by atoms with Gasteiger partial charge in [0.25, 0.3) is 0 Å². The van der Waals surface area contributed by atoms with Crippen LogP contribution in [0.1, 0.15) is 37.0 Å². The monoisotopic (exact) mass is 385 g/mol. The van der Waals surface area contributed by atoms with Gasteiger partial charge in [-0.2, -0.15) is 0 Å². The maximum atomic E-state index is 10.3. The standard InChI is InChI=1S/C22H27N3O.ClH/c1-16(11-21(23)13-22(26)18-5-3-2-4-6-18)25-14-17-7-8-20-15-24-10-9-19(20)12-17;/h2-10,12,15-16,21-22,25-26H,11,13-14,23H2,1H3;1H/t16-,21?,22?;/m1./s1. The number of rotatable bonds is 8. The van der Waals surface area contributed by atoms with Gasteiger partial charge < -0.3 is 16.2 Å². The van der Waals surface area contributed by atoms with E-state index >= 15 is 0 Å². The van der Waals surface area contributed by atoms with Crippen LogP contribution in [0.3, 0.4) is 0 Å². The van der Waals surface area contributed by atoms with Gasteiger partial charge >= 0.3 is 0 Å². The summed E-state index contributed by atoms with van der Waals surface area (Å²) in [5, 5.41) is 16.2. The second-order valence-corrected chi connectivity index (χ2v) is 7.00. The van der Waals surface area contributed by atoms with Crippen molar-refractivity contribution in [1.82, 2.24) is 10.3 Å². The highest BCUT2D eigenvalue weighted by atomic mass is 35.5. The first-order valence-electron chi connectivity index (χ1n) is 9.16. The molecule has 0 fully saturated rings. The van der Waals surface area contributed by atoms with Crippen molar-refractivity contribution in [2.75, 3.05) is 0 Å². The van der Waals surface area contributed by atoms with Gasteiger partial charge in [0, 0.05) is 36.4 Å². The summed E-state index contributed by atoms with van der Waals surface area (Å²) in [6, 6.07) is 18.4. The van der Waals surface area contributed by atoms with Crippen LogP contribution in [0, 0.1) is 0 Å². The zero-order chi connectivity index (χ0) is 18.4. The van der Waals surface area contributed by atoms with Gasteiger partial charge in [0.15, 0.2) is 0 Å². The van der Waals surface area contributed by atoms with E-state index in [9.17, 15) is 5.11 Å². The predicted molar refractivity (Wildman–Crippen MR) is 114 cm³/mol. The van der Waals surface area contributed by atoms with Crippen LogP contribution >= 0.6 is 12.4 Å². The van der Waals surface area contributed by atoms with Crippen molar-refractivity contribution in [1.29, 1.82) is 0 Å². The lowest BCUT2D eigenvalue weighted by molar-refractivity contribution is 0.154. The molecular weight excluding hydrogens is 358 g/mol. The fraction of sp³-hybridized carbons (Fsp3) is 0.318. The summed E-state index contributed by atoms with van der Waals surface area (Å²) in [7, 11) is 0. The van der Waals surface area contributed by atoms with Gasteiger partial charge in [-0.15, -0.1) is 12.4 Å². The molecule has 0 amide bonds. The van der Waals surface area contributed by atoms with Crippen LogP contribution in [-0.2, 0) is 6.54 Å². The molecule has 3 aromatic rings. The summed E-state index contributed by atoms with van der Waals surface area (Å²) in [6.07, 6.45) is 4.58. The molecule has 0 radical (unpaired) electrons. The Labute approximate surface area is 167 Å². The van der Waals surface area contributed by atoms with Gasteiger partial charge in [-0.1, -0.05) is 42.5 Å². The molecule has 2 aromatic carbocycles. The van der Waals surface area contributed by atoms with E-state index in [1.807, 2.05) is 48.8 Å². The van der Waals surface area contributed by atoms with E-state index in [0.29, 0.717) is 6.42 Å². The predicted octanol–water partition coefficient (Wildman–Crippen LogP) is 3.98. The number of nitrogens with zero attached hydrogens (tertiary/aromatic N) is 1. The second kappa shape index (κ2) is 10.4. The van der Waals surface area contributed by atoms with Crippen LogP contribution in [0.15, 0.2) is 67.0 Å². The molecule has 4 N–H and O–H groups in total. The molecule has 3 rings (SSSR count). The van der Waals surface area contributed by atoms with Gasteiger partial charge in [-0.05, 0) is 48.4 Å². The topological polar surface area (TPSA) is 71.2 Å². The molecule has 0 bridgehead atoms. The Bertz CT molecular complexity index is 828. The minimum atomic E-state index is -0.507. The molecule has 0 spiro atoms. The fourth-order valence-corrected chi connectivity index (χ4v) is 3.27. The minimum Gasteiger partial charge on any atom is -0.388 e. The molecule has 1 heterocycles. The van der Waals surface area contributed by atoms with Crippen LogP contribution < -0.4 is 11.1 Å². The van der Waals surface area contributed by atoms with Crippen molar-refractivity contribution in [3.63, 3.8) is 0 Å². The number of hydrogen-bond donors (Lipinski definition) is 3. The number of pyridine rings is 1. The first kappa shape index (κ1) is 21.3. The van der Waals surface area contributed by atoms with Gasteiger partial charge in [-0.3, -0.25) is 4.98 Å². The number of nitrogens with one attached hydrogen (secondary N) is 1. The molecule has 3 atom stereocenters. The molecule has 0 aliphatic rings. The molecule has 0 aliphatic heterocycles. The van der Waals surface area contributed by atoms with E-state index in [4.69, 9.17) is 5.73 Å². The van der Waals surface area contributed by atoms with Crippen molar-refractivity contribution >= 4 is 23.2 Å². The van der Waals surface area contributed by atoms with E-state index in [2.05, 4.69) is 35.4 Å². The van der Waals surface area contributed by atoms with Gasteiger partial charge in [0.2, 0.25) is 0 Å². The van der Waals surface area contributed by atoms with E-state index in [1.165, 1.54) is 10.9 Å². The third kappa shape index (κ3) is 6.29. The highest BCUT2D eigenvalue weighted by molar-refractivity contribution is 5.85. The highest BCUT2D eigenvalue weighted by Crippen LogP contribution is 2.19. The van der Waals surface area contributed by atoms with E-state index in [1.54, 1.807) is 0 Å². The molecular formula is C22H28ClN3O. The number of halogens is 1.